The van der Waals surface area contributed by atoms with Gasteiger partial charge in [0, 0.05) is 7.05 Å². The molecular formula is C25H31NO6Si. The van der Waals surface area contributed by atoms with Gasteiger partial charge >= 0.3 is 12.1 Å². The summed E-state index contributed by atoms with van der Waals surface area (Å²) in [6.07, 6.45) is -3.14. The van der Waals surface area contributed by atoms with Crippen molar-refractivity contribution in [3.8, 4) is 0 Å². The third kappa shape index (κ3) is 4.18. The highest BCUT2D eigenvalue weighted by molar-refractivity contribution is 6.99. The highest BCUT2D eigenvalue weighted by Gasteiger charge is 2.54. The maximum absolute atomic E-state index is 12.4. The molecule has 0 spiro atoms. The number of carbonyl (C=O) groups is 2. The molecule has 4 rings (SSSR count). The Morgan fingerprint density at radius 3 is 2.00 bits per heavy atom. The van der Waals surface area contributed by atoms with E-state index in [9.17, 15) is 14.7 Å². The van der Waals surface area contributed by atoms with Gasteiger partial charge in [-0.3, -0.25) is 4.79 Å². The third-order valence-electron chi connectivity index (χ3n) is 6.61. The van der Waals surface area contributed by atoms with Gasteiger partial charge in [0.1, 0.15) is 18.2 Å². The number of rotatable bonds is 6. The Hall–Kier alpha value is -2.68. The Bertz CT molecular complexity index is 953. The smallest absolute Gasteiger partial charge is 0.410 e. The summed E-state index contributed by atoms with van der Waals surface area (Å²) in [4.78, 5) is 25.6. The van der Waals surface area contributed by atoms with Crippen LogP contribution in [0.2, 0.25) is 5.04 Å². The molecule has 0 saturated carbocycles. The van der Waals surface area contributed by atoms with Crippen LogP contribution >= 0.6 is 0 Å². The molecule has 2 aliphatic rings. The van der Waals surface area contributed by atoms with Crippen LogP contribution in [-0.2, 0) is 18.7 Å². The molecule has 2 aliphatic heterocycles. The van der Waals surface area contributed by atoms with Crippen molar-refractivity contribution in [2.75, 3.05) is 13.7 Å². The van der Waals surface area contributed by atoms with E-state index >= 15 is 0 Å². The topological polar surface area (TPSA) is 85.3 Å². The zero-order chi connectivity index (χ0) is 23.8. The average Bonchev–Trinajstić information content (AvgIpc) is 3.25. The number of benzene rings is 2. The first-order chi connectivity index (χ1) is 15.6. The number of carbonyl (C=O) groups excluding carboxylic acids is 2. The van der Waals surface area contributed by atoms with Crippen LogP contribution in [0.4, 0.5) is 4.79 Å². The first-order valence-corrected chi connectivity index (χ1v) is 13.1. The molecule has 0 radical (unpaired) electrons. The molecule has 2 aromatic rings. The SMILES string of the molecule is CN1C(=O)O[C@H](CO[Si](c2ccccc2)(c2ccccc2)C(C)(C)C)[C@@H]1[C@H]1OC(=O)C[C@H]1O. The number of amides is 1. The molecule has 0 bridgehead atoms. The number of nitrogens with zero attached hydrogens (tertiary/aromatic N) is 1. The van der Waals surface area contributed by atoms with Crippen LogP contribution in [0.15, 0.2) is 60.7 Å². The molecule has 1 N–H and O–H groups in total. The van der Waals surface area contributed by atoms with Gasteiger partial charge in [-0.05, 0) is 15.4 Å². The predicted molar refractivity (Wildman–Crippen MR) is 126 cm³/mol. The normalized spacial score (nSPS) is 25.8. The lowest BCUT2D eigenvalue weighted by Crippen LogP contribution is -2.67. The molecule has 0 unspecified atom stereocenters. The van der Waals surface area contributed by atoms with Gasteiger partial charge in [-0.1, -0.05) is 81.4 Å². The standard InChI is InChI=1S/C25H31NO6Si/c1-25(2,3)33(17-11-7-5-8-12-17,18-13-9-6-10-14-18)30-16-20-22(26(4)24(29)31-20)23-19(27)15-21(28)32-23/h5-14,19-20,22-23,27H,15-16H2,1-4H3/t19-,20-,22-,23+/m1/s1. The molecular weight excluding hydrogens is 438 g/mol. The van der Waals surface area contributed by atoms with Crippen molar-refractivity contribution in [3.05, 3.63) is 60.7 Å². The van der Waals surface area contributed by atoms with E-state index in [2.05, 4.69) is 45.0 Å². The van der Waals surface area contributed by atoms with E-state index in [0.29, 0.717) is 0 Å². The number of hydrogen-bond acceptors (Lipinski definition) is 6. The summed E-state index contributed by atoms with van der Waals surface area (Å²) in [6.45, 7) is 6.64. The largest absolute Gasteiger partial charge is 0.457 e. The summed E-state index contributed by atoms with van der Waals surface area (Å²) < 4.78 is 17.9. The van der Waals surface area contributed by atoms with Crippen LogP contribution in [0, 0.1) is 0 Å². The Kier molecular flexibility index (Phi) is 6.35. The summed E-state index contributed by atoms with van der Waals surface area (Å²) in [6, 6.07) is 19.8. The summed E-state index contributed by atoms with van der Waals surface area (Å²) in [5.74, 6) is -0.480. The van der Waals surface area contributed by atoms with E-state index in [1.165, 1.54) is 4.90 Å². The maximum Gasteiger partial charge on any atom is 0.410 e. The summed E-state index contributed by atoms with van der Waals surface area (Å²) in [7, 11) is -1.25. The number of aliphatic hydroxyl groups is 1. The van der Waals surface area contributed by atoms with Crippen molar-refractivity contribution in [1.29, 1.82) is 0 Å². The minimum absolute atomic E-state index is 0.0918. The second-order valence-electron chi connectivity index (χ2n) is 9.72. The molecule has 2 heterocycles. The number of aliphatic hydroxyl groups excluding tert-OH is 1. The Morgan fingerprint density at radius 1 is 1.00 bits per heavy atom. The lowest BCUT2D eigenvalue weighted by Gasteiger charge is -2.43. The van der Waals surface area contributed by atoms with Crippen molar-refractivity contribution >= 4 is 30.8 Å². The Labute approximate surface area is 195 Å². The van der Waals surface area contributed by atoms with Gasteiger partial charge < -0.3 is 23.9 Å². The third-order valence-corrected chi connectivity index (χ3v) is 11.6. The zero-order valence-electron chi connectivity index (χ0n) is 19.4. The van der Waals surface area contributed by atoms with Gasteiger partial charge in [-0.2, -0.15) is 0 Å². The maximum atomic E-state index is 12.4. The first-order valence-electron chi connectivity index (χ1n) is 11.2. The van der Waals surface area contributed by atoms with E-state index in [1.54, 1.807) is 7.05 Å². The van der Waals surface area contributed by atoms with Crippen LogP contribution in [-0.4, -0.2) is 68.4 Å². The second-order valence-corrected chi connectivity index (χ2v) is 14.0. The molecule has 1 amide bonds. The average molecular weight is 470 g/mol. The number of cyclic esters (lactones) is 2. The molecule has 0 aliphatic carbocycles. The van der Waals surface area contributed by atoms with Gasteiger partial charge in [0.15, 0.2) is 6.10 Å². The number of esters is 1. The molecule has 33 heavy (non-hydrogen) atoms. The summed E-state index contributed by atoms with van der Waals surface area (Å²) in [5, 5.41) is 12.4. The van der Waals surface area contributed by atoms with Crippen molar-refractivity contribution in [2.45, 2.75) is 56.6 Å². The Balaban J connectivity index is 1.71. The number of likely N-dealkylation sites (N-methyl/N-ethyl adjacent to an activating group) is 1. The van der Waals surface area contributed by atoms with E-state index in [0.717, 1.165) is 10.4 Å². The van der Waals surface area contributed by atoms with E-state index < -0.39 is 44.7 Å². The van der Waals surface area contributed by atoms with E-state index in [-0.39, 0.29) is 18.1 Å². The Morgan fingerprint density at radius 2 is 1.55 bits per heavy atom. The van der Waals surface area contributed by atoms with Crippen LogP contribution in [0.25, 0.3) is 0 Å². The summed E-state index contributed by atoms with van der Waals surface area (Å²) >= 11 is 0. The van der Waals surface area contributed by atoms with Crippen molar-refractivity contribution in [3.63, 3.8) is 0 Å². The highest BCUT2D eigenvalue weighted by Crippen LogP contribution is 2.38. The molecule has 2 fully saturated rings. The van der Waals surface area contributed by atoms with Crippen LogP contribution in [0.5, 0.6) is 0 Å². The highest BCUT2D eigenvalue weighted by atomic mass is 28.4. The van der Waals surface area contributed by atoms with E-state index in [4.69, 9.17) is 13.9 Å². The molecule has 4 atom stereocenters. The van der Waals surface area contributed by atoms with Crippen LogP contribution in [0.1, 0.15) is 27.2 Å². The molecule has 176 valence electrons. The molecule has 8 heteroatoms. The number of hydrogen-bond donors (Lipinski definition) is 1. The van der Waals surface area contributed by atoms with Gasteiger partial charge in [-0.15, -0.1) is 0 Å². The van der Waals surface area contributed by atoms with Gasteiger partial charge in [0.2, 0.25) is 0 Å². The minimum atomic E-state index is -2.84. The van der Waals surface area contributed by atoms with Crippen molar-refractivity contribution < 1.29 is 28.6 Å². The quantitative estimate of drug-likeness (QED) is 0.515. The molecule has 7 nitrogen and oxygen atoms in total. The molecule has 0 aromatic heterocycles. The lowest BCUT2D eigenvalue weighted by atomic mass is 10.0. The van der Waals surface area contributed by atoms with Crippen molar-refractivity contribution in [2.24, 2.45) is 0 Å². The van der Waals surface area contributed by atoms with E-state index in [1.807, 2.05) is 36.4 Å². The van der Waals surface area contributed by atoms with Gasteiger partial charge in [0.25, 0.3) is 8.32 Å². The number of ether oxygens (including phenoxy) is 2. The molecule has 2 aromatic carbocycles. The van der Waals surface area contributed by atoms with Crippen LogP contribution in [0.3, 0.4) is 0 Å². The van der Waals surface area contributed by atoms with Gasteiger partial charge in [-0.25, -0.2) is 4.79 Å². The monoisotopic (exact) mass is 469 g/mol. The molecule has 2 saturated heterocycles. The second kappa shape index (κ2) is 8.93. The van der Waals surface area contributed by atoms with Gasteiger partial charge in [0.05, 0.1) is 13.0 Å². The fraction of sp³-hybridized carbons (Fsp3) is 0.440. The van der Waals surface area contributed by atoms with Crippen molar-refractivity contribution in [1.82, 2.24) is 4.90 Å². The fourth-order valence-electron chi connectivity index (χ4n) is 5.05. The fourth-order valence-corrected chi connectivity index (χ4v) is 9.62. The minimum Gasteiger partial charge on any atom is -0.457 e. The summed E-state index contributed by atoms with van der Waals surface area (Å²) in [5.41, 5.74) is 0. The lowest BCUT2D eigenvalue weighted by molar-refractivity contribution is -0.144. The van der Waals surface area contributed by atoms with Crippen LogP contribution < -0.4 is 10.4 Å². The first kappa shape index (κ1) is 23.5. The predicted octanol–water partition coefficient (Wildman–Crippen LogP) is 2.06. The zero-order valence-corrected chi connectivity index (χ0v) is 20.4.